The van der Waals surface area contributed by atoms with Crippen LogP contribution in [-0.2, 0) is 10.5 Å². The zero-order valence-corrected chi connectivity index (χ0v) is 21.8. The molecule has 2 N–H and O–H groups in total. The van der Waals surface area contributed by atoms with Gasteiger partial charge in [0.05, 0.1) is 34.8 Å². The summed E-state index contributed by atoms with van der Waals surface area (Å²) in [5, 5.41) is 28.9. The number of rotatable bonds is 12. The molecule has 0 radical (unpaired) electrons. The number of thioether (sulfide) groups is 1. The van der Waals surface area contributed by atoms with E-state index >= 15 is 0 Å². The van der Waals surface area contributed by atoms with Crippen LogP contribution in [0.4, 0.5) is 11.4 Å². The number of benzene rings is 3. The Hall–Kier alpha value is -4.78. The topological polar surface area (TPSA) is 166 Å². The number of ether oxygens (including phenoxy) is 1. The van der Waals surface area contributed by atoms with E-state index in [0.29, 0.717) is 17.1 Å². The smallest absolute Gasteiger partial charge is 0.277 e. The van der Waals surface area contributed by atoms with Crippen LogP contribution in [0.2, 0.25) is 0 Å². The number of nitro groups is 2. The number of hydrogen-bond donors (Lipinski definition) is 2. The van der Waals surface area contributed by atoms with Crippen molar-refractivity contribution in [1.29, 1.82) is 0 Å². The monoisotopic (exact) mass is 551 g/mol. The van der Waals surface area contributed by atoms with Crippen LogP contribution in [0.5, 0.6) is 5.75 Å². The highest BCUT2D eigenvalue weighted by molar-refractivity contribution is 7.98. The van der Waals surface area contributed by atoms with Crippen LogP contribution in [0.15, 0.2) is 71.8 Å². The predicted molar refractivity (Wildman–Crippen MR) is 147 cm³/mol. The van der Waals surface area contributed by atoms with Gasteiger partial charge in [0.2, 0.25) is 0 Å². The molecule has 12 nitrogen and oxygen atoms in total. The number of nitrogens with one attached hydrogen (secondary N) is 2. The summed E-state index contributed by atoms with van der Waals surface area (Å²) in [6.07, 6.45) is 1.42. The third kappa shape index (κ3) is 8.36. The van der Waals surface area contributed by atoms with Gasteiger partial charge in [0.1, 0.15) is 11.8 Å². The summed E-state index contributed by atoms with van der Waals surface area (Å²) < 4.78 is 5.28. The summed E-state index contributed by atoms with van der Waals surface area (Å²) in [6, 6.07) is 16.3. The maximum absolute atomic E-state index is 13.0. The van der Waals surface area contributed by atoms with Crippen molar-refractivity contribution in [2.75, 3.05) is 12.9 Å². The highest BCUT2D eigenvalue weighted by Gasteiger charge is 2.25. The standard InChI is InChI=1S/C26H25N5O7S/c1-17-8-9-19(10-24(17)38-2)14-27-29-26(33)23(16-39-15-18-6-4-3-5-7-18)28-25(32)20-11-21(30(34)35)13-22(12-20)31(36)37/h3-14,23H,15-16H2,1-2H3,(H,28,32)(H,29,33)/b27-14-/t23-/m0/s1. The first-order chi connectivity index (χ1) is 18.7. The molecular formula is C26H25N5O7S. The Morgan fingerprint density at radius 1 is 1.03 bits per heavy atom. The first kappa shape index (κ1) is 28.8. The van der Waals surface area contributed by atoms with Gasteiger partial charge in [0.15, 0.2) is 0 Å². The lowest BCUT2D eigenvalue weighted by atomic mass is 10.1. The van der Waals surface area contributed by atoms with Crippen molar-refractivity contribution in [3.63, 3.8) is 0 Å². The Labute approximate surface area is 227 Å². The number of aryl methyl sites for hydroxylation is 1. The Kier molecular flexibility index (Phi) is 10.1. The molecule has 0 spiro atoms. The number of hydrogen-bond acceptors (Lipinski definition) is 9. The van der Waals surface area contributed by atoms with Crippen molar-refractivity contribution in [1.82, 2.24) is 10.7 Å². The Bertz CT molecular complexity index is 1370. The minimum atomic E-state index is -1.10. The summed E-state index contributed by atoms with van der Waals surface area (Å²) >= 11 is 1.37. The molecule has 0 saturated carbocycles. The number of nitrogens with zero attached hydrogens (tertiary/aromatic N) is 3. The summed E-state index contributed by atoms with van der Waals surface area (Å²) in [7, 11) is 1.54. The first-order valence-corrected chi connectivity index (χ1v) is 12.7. The van der Waals surface area contributed by atoms with Crippen molar-refractivity contribution >= 4 is 41.2 Å². The molecule has 13 heteroatoms. The lowest BCUT2D eigenvalue weighted by molar-refractivity contribution is -0.394. The first-order valence-electron chi connectivity index (χ1n) is 11.5. The van der Waals surface area contributed by atoms with Crippen LogP contribution in [-0.4, -0.2) is 46.8 Å². The van der Waals surface area contributed by atoms with E-state index in [0.717, 1.165) is 29.3 Å². The van der Waals surface area contributed by atoms with E-state index in [2.05, 4.69) is 15.8 Å². The number of methoxy groups -OCH3 is 1. The summed E-state index contributed by atoms with van der Waals surface area (Å²) in [4.78, 5) is 46.7. The molecule has 0 aliphatic carbocycles. The predicted octanol–water partition coefficient (Wildman–Crippen LogP) is 4.00. The fraction of sp³-hybridized carbons (Fsp3) is 0.192. The van der Waals surface area contributed by atoms with Gasteiger partial charge in [0, 0.05) is 23.6 Å². The minimum absolute atomic E-state index is 0.136. The quantitative estimate of drug-likeness (QED) is 0.194. The highest BCUT2D eigenvalue weighted by Crippen LogP contribution is 2.23. The molecule has 3 aromatic rings. The largest absolute Gasteiger partial charge is 0.496 e. The molecule has 3 rings (SSSR count). The van der Waals surface area contributed by atoms with Gasteiger partial charge < -0.3 is 10.1 Å². The van der Waals surface area contributed by atoms with Crippen molar-refractivity contribution in [3.8, 4) is 5.75 Å². The highest BCUT2D eigenvalue weighted by atomic mass is 32.2. The number of carbonyl (C=O) groups excluding carboxylic acids is 2. The molecule has 0 aliphatic heterocycles. The Balaban J connectivity index is 1.77. The average molecular weight is 552 g/mol. The molecule has 1 atom stereocenters. The van der Waals surface area contributed by atoms with E-state index in [1.165, 1.54) is 18.0 Å². The van der Waals surface area contributed by atoms with Crippen LogP contribution in [0, 0.1) is 27.2 Å². The summed E-state index contributed by atoms with van der Waals surface area (Å²) in [5.41, 5.74) is 3.44. The molecule has 3 aromatic carbocycles. The maximum Gasteiger partial charge on any atom is 0.277 e. The number of non-ortho nitro benzene ring substituents is 2. The Morgan fingerprint density at radius 3 is 2.31 bits per heavy atom. The second kappa shape index (κ2) is 13.7. The zero-order valence-electron chi connectivity index (χ0n) is 21.0. The zero-order chi connectivity index (χ0) is 28.4. The van der Waals surface area contributed by atoms with Gasteiger partial charge in [-0.1, -0.05) is 42.5 Å². The van der Waals surface area contributed by atoms with E-state index in [1.807, 2.05) is 43.3 Å². The van der Waals surface area contributed by atoms with Gasteiger partial charge in [-0.25, -0.2) is 5.43 Å². The maximum atomic E-state index is 13.0. The van der Waals surface area contributed by atoms with E-state index in [4.69, 9.17) is 4.74 Å². The van der Waals surface area contributed by atoms with Gasteiger partial charge in [-0.3, -0.25) is 29.8 Å². The molecule has 0 saturated heterocycles. The second-order valence-corrected chi connectivity index (χ2v) is 9.27. The van der Waals surface area contributed by atoms with Crippen molar-refractivity contribution in [2.24, 2.45) is 5.10 Å². The van der Waals surface area contributed by atoms with Gasteiger partial charge in [-0.15, -0.1) is 0 Å². The molecule has 2 amide bonds. The molecule has 0 aromatic heterocycles. The van der Waals surface area contributed by atoms with Crippen LogP contribution < -0.4 is 15.5 Å². The van der Waals surface area contributed by atoms with Crippen LogP contribution in [0.25, 0.3) is 0 Å². The van der Waals surface area contributed by atoms with Crippen molar-refractivity contribution in [2.45, 2.75) is 18.7 Å². The average Bonchev–Trinajstić information content (AvgIpc) is 2.93. The van der Waals surface area contributed by atoms with Crippen LogP contribution in [0.3, 0.4) is 0 Å². The Morgan fingerprint density at radius 2 is 1.69 bits per heavy atom. The molecule has 0 aliphatic rings. The lowest BCUT2D eigenvalue weighted by Gasteiger charge is -2.17. The SMILES string of the molecule is COc1cc(/C=N\NC(=O)[C@H](CSCc2ccccc2)NC(=O)c2cc([N+](=O)[O-])cc([N+](=O)[O-])c2)ccc1C. The number of nitro benzene ring substituents is 2. The lowest BCUT2D eigenvalue weighted by Crippen LogP contribution is -2.47. The molecular weight excluding hydrogens is 526 g/mol. The molecule has 202 valence electrons. The summed E-state index contributed by atoms with van der Waals surface area (Å²) in [5.74, 6) is -0.181. The molecule has 0 fully saturated rings. The van der Waals surface area contributed by atoms with E-state index in [-0.39, 0.29) is 11.3 Å². The third-order valence-corrected chi connectivity index (χ3v) is 6.53. The van der Waals surface area contributed by atoms with E-state index in [9.17, 15) is 29.8 Å². The van der Waals surface area contributed by atoms with E-state index in [1.54, 1.807) is 19.2 Å². The second-order valence-electron chi connectivity index (χ2n) is 8.24. The van der Waals surface area contributed by atoms with E-state index < -0.39 is 39.1 Å². The molecule has 0 unspecified atom stereocenters. The van der Waals surface area contributed by atoms with Crippen molar-refractivity contribution < 1.29 is 24.2 Å². The minimum Gasteiger partial charge on any atom is -0.496 e. The van der Waals surface area contributed by atoms with Gasteiger partial charge in [-0.05, 0) is 29.7 Å². The fourth-order valence-electron chi connectivity index (χ4n) is 3.40. The number of amides is 2. The fourth-order valence-corrected chi connectivity index (χ4v) is 4.41. The molecule has 0 heterocycles. The van der Waals surface area contributed by atoms with Crippen LogP contribution in [0.1, 0.15) is 27.0 Å². The number of hydrazone groups is 1. The molecule has 39 heavy (non-hydrogen) atoms. The van der Waals surface area contributed by atoms with Crippen molar-refractivity contribution in [3.05, 3.63) is 109 Å². The third-order valence-electron chi connectivity index (χ3n) is 5.42. The van der Waals surface area contributed by atoms with Gasteiger partial charge in [-0.2, -0.15) is 16.9 Å². The van der Waals surface area contributed by atoms with Crippen LogP contribution >= 0.6 is 11.8 Å². The van der Waals surface area contributed by atoms with Gasteiger partial charge >= 0.3 is 0 Å². The normalized spacial score (nSPS) is 11.5. The molecule has 0 bridgehead atoms. The van der Waals surface area contributed by atoms with Gasteiger partial charge in [0.25, 0.3) is 23.2 Å². The number of carbonyl (C=O) groups is 2. The summed E-state index contributed by atoms with van der Waals surface area (Å²) in [6.45, 7) is 1.89.